The number of primary amides is 1. The number of ether oxygens (including phenoxy) is 2. The van der Waals surface area contributed by atoms with E-state index in [4.69, 9.17) is 5.11 Å². The topological polar surface area (TPSA) is 116 Å². The molecule has 0 bridgehead atoms. The van der Waals surface area contributed by atoms with Crippen LogP contribution in [0.1, 0.15) is 6.92 Å². The number of amides is 1. The molecule has 1 atom stereocenters. The lowest BCUT2D eigenvalue weighted by molar-refractivity contribution is -0.158. The predicted molar refractivity (Wildman–Crippen MR) is 54.3 cm³/mol. The summed E-state index contributed by atoms with van der Waals surface area (Å²) in [6.45, 7) is 7.47. The molecular weight excluding hydrogens is 218 g/mol. The van der Waals surface area contributed by atoms with Crippen molar-refractivity contribution >= 4 is 18.0 Å². The molecular formula is C9H13NO6. The average Bonchev–Trinajstić information content (AvgIpc) is 2.17. The van der Waals surface area contributed by atoms with Gasteiger partial charge in [-0.05, 0) is 0 Å². The molecule has 0 saturated heterocycles. The number of aliphatic carboxylic acids is 1. The first-order chi connectivity index (χ1) is 7.33. The number of carboxylic acids is 1. The molecule has 0 aromatic carbocycles. The molecule has 0 heterocycles. The molecule has 0 radical (unpaired) electrons. The standard InChI is InChI=1S/C6H9NO4.C3H4O2/c1-3-5(8)10-4(2)11-6(7)9;1-2-3(4)5/h3-4H,1H2,2H3,(H2,7,9);2H,1H2,(H,4,5). The average molecular weight is 231 g/mol. The van der Waals surface area contributed by atoms with Gasteiger partial charge in [-0.2, -0.15) is 0 Å². The van der Waals surface area contributed by atoms with E-state index in [9.17, 15) is 14.4 Å². The van der Waals surface area contributed by atoms with Crippen LogP contribution in [0, 0.1) is 0 Å². The molecule has 16 heavy (non-hydrogen) atoms. The van der Waals surface area contributed by atoms with Gasteiger partial charge < -0.3 is 20.3 Å². The summed E-state index contributed by atoms with van der Waals surface area (Å²) in [5.41, 5.74) is 4.63. The molecule has 90 valence electrons. The summed E-state index contributed by atoms with van der Waals surface area (Å²) >= 11 is 0. The van der Waals surface area contributed by atoms with E-state index >= 15 is 0 Å². The van der Waals surface area contributed by atoms with Gasteiger partial charge in [0.05, 0.1) is 0 Å². The summed E-state index contributed by atoms with van der Waals surface area (Å²) in [5, 5.41) is 7.60. The van der Waals surface area contributed by atoms with Crippen LogP contribution in [0.4, 0.5) is 4.79 Å². The van der Waals surface area contributed by atoms with E-state index in [0.29, 0.717) is 0 Å². The van der Waals surface area contributed by atoms with Gasteiger partial charge in [0.25, 0.3) is 0 Å². The minimum atomic E-state index is -0.991. The van der Waals surface area contributed by atoms with Crippen LogP contribution in [0.3, 0.4) is 0 Å². The number of carbonyl (C=O) groups is 3. The molecule has 0 aliphatic heterocycles. The molecule has 0 rings (SSSR count). The Morgan fingerprint density at radius 3 is 1.94 bits per heavy atom. The van der Waals surface area contributed by atoms with Crippen LogP contribution in [0.2, 0.25) is 0 Å². The second-order valence-electron chi connectivity index (χ2n) is 2.19. The molecule has 0 aromatic heterocycles. The van der Waals surface area contributed by atoms with Crippen molar-refractivity contribution in [3.63, 3.8) is 0 Å². The minimum absolute atomic E-state index is 0.668. The fourth-order valence-electron chi connectivity index (χ4n) is 0.399. The Hall–Kier alpha value is -2.31. The Morgan fingerprint density at radius 2 is 1.69 bits per heavy atom. The molecule has 7 heteroatoms. The molecule has 0 spiro atoms. The van der Waals surface area contributed by atoms with Crippen molar-refractivity contribution in [2.24, 2.45) is 5.73 Å². The van der Waals surface area contributed by atoms with Crippen molar-refractivity contribution in [3.05, 3.63) is 25.3 Å². The van der Waals surface area contributed by atoms with E-state index in [1.54, 1.807) is 0 Å². The van der Waals surface area contributed by atoms with E-state index in [1.807, 2.05) is 0 Å². The second-order valence-corrected chi connectivity index (χ2v) is 2.19. The lowest BCUT2D eigenvalue weighted by Crippen LogP contribution is -2.24. The quantitative estimate of drug-likeness (QED) is 0.411. The Morgan fingerprint density at radius 1 is 1.25 bits per heavy atom. The maximum atomic E-state index is 10.4. The number of esters is 1. The van der Waals surface area contributed by atoms with E-state index in [1.165, 1.54) is 6.92 Å². The molecule has 1 unspecified atom stereocenters. The first-order valence-corrected chi connectivity index (χ1v) is 3.98. The van der Waals surface area contributed by atoms with Gasteiger partial charge in [-0.3, -0.25) is 0 Å². The van der Waals surface area contributed by atoms with Crippen LogP contribution in [0.25, 0.3) is 0 Å². The van der Waals surface area contributed by atoms with Crippen LogP contribution in [-0.4, -0.2) is 29.4 Å². The second kappa shape index (κ2) is 9.25. The highest BCUT2D eigenvalue weighted by atomic mass is 16.7. The largest absolute Gasteiger partial charge is 0.478 e. The number of rotatable bonds is 4. The molecule has 0 saturated carbocycles. The van der Waals surface area contributed by atoms with Crippen LogP contribution in [-0.2, 0) is 19.1 Å². The van der Waals surface area contributed by atoms with Gasteiger partial charge in [-0.25, -0.2) is 14.4 Å². The molecule has 0 fully saturated rings. The summed E-state index contributed by atoms with van der Waals surface area (Å²) in [6.07, 6.45) is -0.173. The highest BCUT2D eigenvalue weighted by molar-refractivity contribution is 5.81. The molecule has 7 nitrogen and oxygen atoms in total. The zero-order valence-electron chi connectivity index (χ0n) is 8.71. The van der Waals surface area contributed by atoms with Crippen molar-refractivity contribution in [3.8, 4) is 0 Å². The monoisotopic (exact) mass is 231 g/mol. The number of carboxylic acid groups (broad SMARTS) is 1. The number of nitrogens with two attached hydrogens (primary N) is 1. The summed E-state index contributed by atoms with van der Waals surface area (Å²) in [5.74, 6) is -1.65. The van der Waals surface area contributed by atoms with Crippen molar-refractivity contribution in [1.82, 2.24) is 0 Å². The maximum Gasteiger partial charge on any atom is 0.407 e. The summed E-state index contributed by atoms with van der Waals surface area (Å²) in [6, 6.07) is 0. The van der Waals surface area contributed by atoms with Crippen molar-refractivity contribution in [2.75, 3.05) is 0 Å². The van der Waals surface area contributed by atoms with Gasteiger partial charge in [0, 0.05) is 19.1 Å². The highest BCUT2D eigenvalue weighted by Gasteiger charge is 2.08. The molecule has 0 aliphatic carbocycles. The smallest absolute Gasteiger partial charge is 0.407 e. The lowest BCUT2D eigenvalue weighted by Gasteiger charge is -2.09. The van der Waals surface area contributed by atoms with Gasteiger partial charge in [0.2, 0.25) is 6.29 Å². The van der Waals surface area contributed by atoms with Gasteiger partial charge in [0.1, 0.15) is 0 Å². The minimum Gasteiger partial charge on any atom is -0.478 e. The van der Waals surface area contributed by atoms with Crippen molar-refractivity contribution < 1.29 is 29.0 Å². The lowest BCUT2D eigenvalue weighted by atomic mass is 10.6. The Balaban J connectivity index is 0. The Kier molecular flexibility index (Phi) is 9.33. The van der Waals surface area contributed by atoms with E-state index in [2.05, 4.69) is 28.4 Å². The highest BCUT2D eigenvalue weighted by Crippen LogP contribution is 1.93. The van der Waals surface area contributed by atoms with Gasteiger partial charge in [-0.1, -0.05) is 13.2 Å². The molecule has 1 amide bonds. The Bertz CT molecular complexity index is 286. The molecule has 3 N–H and O–H groups in total. The zero-order chi connectivity index (χ0) is 13.1. The molecule has 0 aliphatic rings. The Labute approximate surface area is 92.1 Å². The maximum absolute atomic E-state index is 10.4. The van der Waals surface area contributed by atoms with Crippen LogP contribution in [0.15, 0.2) is 25.3 Å². The van der Waals surface area contributed by atoms with Crippen molar-refractivity contribution in [1.29, 1.82) is 0 Å². The van der Waals surface area contributed by atoms with Crippen LogP contribution in [0.5, 0.6) is 0 Å². The fourth-order valence-corrected chi connectivity index (χ4v) is 0.399. The first-order valence-electron chi connectivity index (χ1n) is 3.98. The predicted octanol–water partition coefficient (Wildman–Crippen LogP) is 0.414. The van der Waals surface area contributed by atoms with E-state index in [-0.39, 0.29) is 0 Å². The number of carbonyl (C=O) groups excluding carboxylic acids is 2. The number of hydrogen-bond acceptors (Lipinski definition) is 5. The normalized spacial score (nSPS) is 9.81. The van der Waals surface area contributed by atoms with Gasteiger partial charge in [0.15, 0.2) is 0 Å². The molecule has 0 aromatic rings. The van der Waals surface area contributed by atoms with Gasteiger partial charge >= 0.3 is 18.0 Å². The zero-order valence-corrected chi connectivity index (χ0v) is 8.71. The van der Waals surface area contributed by atoms with Crippen molar-refractivity contribution in [2.45, 2.75) is 13.2 Å². The van der Waals surface area contributed by atoms with Crippen LogP contribution < -0.4 is 5.73 Å². The summed E-state index contributed by atoms with van der Waals surface area (Å²) in [7, 11) is 0. The fraction of sp³-hybridized carbons (Fsp3) is 0.222. The van der Waals surface area contributed by atoms with E-state index < -0.39 is 24.3 Å². The summed E-state index contributed by atoms with van der Waals surface area (Å²) in [4.78, 5) is 29.7. The van der Waals surface area contributed by atoms with Crippen LogP contribution >= 0.6 is 0 Å². The van der Waals surface area contributed by atoms with E-state index in [0.717, 1.165) is 12.2 Å². The number of hydrogen-bond donors (Lipinski definition) is 2. The third-order valence-corrected chi connectivity index (χ3v) is 0.906. The SMILES string of the molecule is C=CC(=O)O.C=CC(=O)OC(C)OC(N)=O. The summed E-state index contributed by atoms with van der Waals surface area (Å²) < 4.78 is 8.70. The third kappa shape index (κ3) is 14.2. The van der Waals surface area contributed by atoms with Gasteiger partial charge in [-0.15, -0.1) is 0 Å². The first kappa shape index (κ1) is 16.1. The third-order valence-electron chi connectivity index (χ3n) is 0.906.